The Balaban J connectivity index is 0. The lowest BCUT2D eigenvalue weighted by Crippen LogP contribution is -2.22. The summed E-state index contributed by atoms with van der Waals surface area (Å²) in [4.78, 5) is 19.4. The summed E-state index contributed by atoms with van der Waals surface area (Å²) < 4.78 is 0. The molecule has 0 saturated carbocycles. The van der Waals surface area contributed by atoms with E-state index in [1.54, 1.807) is 0 Å². The highest BCUT2D eigenvalue weighted by Crippen LogP contribution is 1.89. The summed E-state index contributed by atoms with van der Waals surface area (Å²) in [5.41, 5.74) is 0. The zero-order chi connectivity index (χ0) is 7.44. The molecule has 0 rings (SSSR count). The number of aliphatic carboxylic acids is 2. The maximum atomic E-state index is 9.72. The van der Waals surface area contributed by atoms with E-state index in [1.807, 2.05) is 0 Å². The molecule has 10 heavy (non-hydrogen) atoms. The molecule has 0 aromatic heterocycles. The maximum Gasteiger partial charge on any atom is 0.333 e. The molecule has 6 heteroatoms. The van der Waals surface area contributed by atoms with Crippen LogP contribution in [-0.4, -0.2) is 33.4 Å². The van der Waals surface area contributed by atoms with Gasteiger partial charge in [0.15, 0.2) is 6.10 Å². The lowest BCUT2D eigenvalue weighted by atomic mass is 10.3. The Morgan fingerprint density at radius 1 is 1.30 bits per heavy atom. The van der Waals surface area contributed by atoms with Crippen LogP contribution in [0.1, 0.15) is 6.42 Å². The Labute approximate surface area is 67.1 Å². The quantitative estimate of drug-likeness (QED) is 0.588. The van der Waals surface area contributed by atoms with Gasteiger partial charge in [-0.05, 0) is 0 Å². The summed E-state index contributed by atoms with van der Waals surface area (Å²) in [6.07, 6.45) is -2.54. The number of aliphatic hydroxyl groups is 1. The summed E-state index contributed by atoms with van der Waals surface area (Å²) in [6.45, 7) is 0. The topological polar surface area (TPSA) is 94.8 Å². The van der Waals surface area contributed by atoms with Gasteiger partial charge in [0.1, 0.15) is 0 Å². The minimum Gasteiger partial charge on any atom is -0.481 e. The number of carboxylic acid groups (broad SMARTS) is 2. The fourth-order valence-corrected chi connectivity index (χ4v) is 0.253. The fourth-order valence-electron chi connectivity index (χ4n) is 0.253. The molecule has 0 aromatic rings. The standard InChI is InChI=1S/C4H6O5.BrH/c5-2(4(8)9)1-3(6)7;/h2,5H,1H2,(H,6,7)(H,8,9);1H. The third kappa shape index (κ3) is 5.52. The Hall–Kier alpha value is -0.620. The Morgan fingerprint density at radius 2 is 1.70 bits per heavy atom. The number of hydrogen-bond acceptors (Lipinski definition) is 3. The molecule has 0 fully saturated rings. The van der Waals surface area contributed by atoms with Crippen LogP contribution in [0, 0.1) is 0 Å². The lowest BCUT2D eigenvalue weighted by molar-refractivity contribution is -0.152. The highest BCUT2D eigenvalue weighted by Gasteiger charge is 2.16. The molecule has 0 saturated heterocycles. The van der Waals surface area contributed by atoms with Gasteiger partial charge in [0.25, 0.3) is 0 Å². The van der Waals surface area contributed by atoms with Crippen LogP contribution in [0.5, 0.6) is 0 Å². The van der Waals surface area contributed by atoms with Gasteiger partial charge in [-0.1, -0.05) is 0 Å². The van der Waals surface area contributed by atoms with Crippen LogP contribution in [0.4, 0.5) is 0 Å². The molecule has 0 bridgehead atoms. The first kappa shape index (κ1) is 12.1. The lowest BCUT2D eigenvalue weighted by Gasteiger charge is -1.97. The molecule has 0 spiro atoms. The van der Waals surface area contributed by atoms with Crippen molar-refractivity contribution in [1.82, 2.24) is 0 Å². The first-order valence-corrected chi connectivity index (χ1v) is 2.16. The number of carbonyl (C=O) groups is 2. The van der Waals surface area contributed by atoms with Gasteiger partial charge in [-0.3, -0.25) is 4.79 Å². The largest absolute Gasteiger partial charge is 0.481 e. The second-order valence-electron chi connectivity index (χ2n) is 1.45. The summed E-state index contributed by atoms with van der Waals surface area (Å²) in [6, 6.07) is 0. The average Bonchev–Trinajstić information content (AvgIpc) is 1.63. The number of rotatable bonds is 3. The molecule has 1 unspecified atom stereocenters. The van der Waals surface area contributed by atoms with Crippen molar-refractivity contribution in [2.45, 2.75) is 12.5 Å². The number of hydrogen-bond donors (Lipinski definition) is 3. The van der Waals surface area contributed by atoms with Crippen molar-refractivity contribution < 1.29 is 24.9 Å². The predicted molar refractivity (Wildman–Crippen MR) is 36.2 cm³/mol. The molecule has 0 aliphatic heterocycles. The first-order chi connectivity index (χ1) is 4.04. The minimum atomic E-state index is -1.79. The molecule has 0 aromatic carbocycles. The summed E-state index contributed by atoms with van der Waals surface area (Å²) in [7, 11) is 0. The summed E-state index contributed by atoms with van der Waals surface area (Å²) >= 11 is 0. The molecular weight excluding hydrogens is 208 g/mol. The third-order valence-electron chi connectivity index (χ3n) is 0.653. The van der Waals surface area contributed by atoms with E-state index in [0.717, 1.165) is 0 Å². The third-order valence-corrected chi connectivity index (χ3v) is 0.653. The summed E-state index contributed by atoms with van der Waals surface area (Å²) in [5, 5.41) is 24.1. The van der Waals surface area contributed by atoms with Gasteiger partial charge >= 0.3 is 11.9 Å². The fraction of sp³-hybridized carbons (Fsp3) is 0.500. The smallest absolute Gasteiger partial charge is 0.333 e. The molecule has 0 amide bonds. The van der Waals surface area contributed by atoms with Crippen molar-refractivity contribution in [1.29, 1.82) is 0 Å². The predicted octanol–water partition coefficient (Wildman–Crippen LogP) is -0.515. The van der Waals surface area contributed by atoms with E-state index < -0.39 is 24.5 Å². The van der Waals surface area contributed by atoms with Crippen LogP contribution in [0.15, 0.2) is 0 Å². The van der Waals surface area contributed by atoms with Crippen molar-refractivity contribution in [3.05, 3.63) is 0 Å². The Kier molecular flexibility index (Phi) is 6.27. The van der Waals surface area contributed by atoms with Crippen LogP contribution in [-0.2, 0) is 9.59 Å². The first-order valence-electron chi connectivity index (χ1n) is 2.16. The zero-order valence-electron chi connectivity index (χ0n) is 4.85. The van der Waals surface area contributed by atoms with Crippen LogP contribution in [0.2, 0.25) is 0 Å². The molecule has 3 N–H and O–H groups in total. The van der Waals surface area contributed by atoms with Gasteiger partial charge in [0, 0.05) is 0 Å². The van der Waals surface area contributed by atoms with E-state index in [2.05, 4.69) is 0 Å². The van der Waals surface area contributed by atoms with E-state index in [-0.39, 0.29) is 17.0 Å². The highest BCUT2D eigenvalue weighted by molar-refractivity contribution is 8.93. The van der Waals surface area contributed by atoms with Gasteiger partial charge in [-0.15, -0.1) is 17.0 Å². The zero-order valence-corrected chi connectivity index (χ0v) is 6.56. The molecule has 1 atom stereocenters. The maximum absolute atomic E-state index is 9.72. The summed E-state index contributed by atoms with van der Waals surface area (Å²) in [5.74, 6) is -2.85. The van der Waals surface area contributed by atoms with Gasteiger partial charge < -0.3 is 15.3 Å². The van der Waals surface area contributed by atoms with Crippen molar-refractivity contribution in [3.63, 3.8) is 0 Å². The van der Waals surface area contributed by atoms with Gasteiger partial charge in [-0.25, -0.2) is 4.79 Å². The van der Waals surface area contributed by atoms with E-state index in [1.165, 1.54) is 0 Å². The van der Waals surface area contributed by atoms with Crippen LogP contribution in [0.3, 0.4) is 0 Å². The monoisotopic (exact) mass is 214 g/mol. The van der Waals surface area contributed by atoms with Gasteiger partial charge in [-0.2, -0.15) is 0 Å². The van der Waals surface area contributed by atoms with Crippen LogP contribution < -0.4 is 0 Å². The van der Waals surface area contributed by atoms with Crippen molar-refractivity contribution >= 4 is 28.9 Å². The minimum absolute atomic E-state index is 0. The Morgan fingerprint density at radius 3 is 1.80 bits per heavy atom. The number of halogens is 1. The molecule has 0 radical (unpaired) electrons. The Bertz CT molecular complexity index is 134. The second kappa shape index (κ2) is 5.19. The van der Waals surface area contributed by atoms with Crippen LogP contribution >= 0.6 is 17.0 Å². The SMILES string of the molecule is Br.O=C(O)CC(O)C(=O)O. The van der Waals surface area contributed by atoms with Crippen molar-refractivity contribution in [2.75, 3.05) is 0 Å². The van der Waals surface area contributed by atoms with Gasteiger partial charge in [0.05, 0.1) is 6.42 Å². The molecule has 60 valence electrons. The van der Waals surface area contributed by atoms with E-state index >= 15 is 0 Å². The van der Waals surface area contributed by atoms with Crippen LogP contribution in [0.25, 0.3) is 0 Å². The van der Waals surface area contributed by atoms with E-state index in [0.29, 0.717) is 0 Å². The molecule has 5 nitrogen and oxygen atoms in total. The van der Waals surface area contributed by atoms with E-state index in [4.69, 9.17) is 15.3 Å². The normalized spacial score (nSPS) is 11.3. The number of carboxylic acids is 2. The average molecular weight is 215 g/mol. The molecule has 0 aliphatic carbocycles. The second-order valence-corrected chi connectivity index (χ2v) is 1.45. The van der Waals surface area contributed by atoms with Crippen molar-refractivity contribution in [2.24, 2.45) is 0 Å². The molecule has 0 heterocycles. The molecular formula is C4H7BrO5. The highest BCUT2D eigenvalue weighted by atomic mass is 79.9. The van der Waals surface area contributed by atoms with Gasteiger partial charge in [0.2, 0.25) is 0 Å². The van der Waals surface area contributed by atoms with E-state index in [9.17, 15) is 9.59 Å². The molecule has 0 aliphatic rings. The number of aliphatic hydroxyl groups excluding tert-OH is 1. The van der Waals surface area contributed by atoms with Crippen molar-refractivity contribution in [3.8, 4) is 0 Å².